The summed E-state index contributed by atoms with van der Waals surface area (Å²) < 4.78 is 1.56. The van der Waals surface area contributed by atoms with Crippen LogP contribution in [-0.2, 0) is 4.79 Å². The Morgan fingerprint density at radius 1 is 1.33 bits per heavy atom. The number of carbonyl (C=O) groups is 1. The van der Waals surface area contributed by atoms with Crippen molar-refractivity contribution in [2.24, 2.45) is 5.92 Å². The number of nitrogens with one attached hydrogen (secondary N) is 2. The summed E-state index contributed by atoms with van der Waals surface area (Å²) in [6.45, 7) is 1.52. The van der Waals surface area contributed by atoms with Gasteiger partial charge in [0.25, 0.3) is 0 Å². The van der Waals surface area contributed by atoms with Crippen molar-refractivity contribution >= 4 is 11.6 Å². The first-order valence-corrected chi connectivity index (χ1v) is 5.68. The van der Waals surface area contributed by atoms with Gasteiger partial charge in [-0.3, -0.25) is 4.79 Å². The molecule has 0 bridgehead atoms. The van der Waals surface area contributed by atoms with Crippen molar-refractivity contribution < 1.29 is 4.79 Å². The number of amides is 1. The molecule has 0 radical (unpaired) electrons. The van der Waals surface area contributed by atoms with Crippen LogP contribution in [0.2, 0.25) is 0 Å². The smallest absolute Gasteiger partial charge is 0.230 e. The second kappa shape index (κ2) is 4.53. The monoisotopic (exact) mass is 244 g/mol. The Kier molecular flexibility index (Phi) is 2.73. The third kappa shape index (κ3) is 2.07. The number of hydrogen-bond donors (Lipinski definition) is 2. The Morgan fingerprint density at radius 3 is 2.67 bits per heavy atom. The minimum atomic E-state index is 0.0592. The molecule has 2 heterocycles. The summed E-state index contributed by atoms with van der Waals surface area (Å²) in [5.41, 5.74) is 1.63. The van der Waals surface area contributed by atoms with Crippen molar-refractivity contribution in [3.8, 4) is 5.69 Å². The minimum absolute atomic E-state index is 0.0592. The quantitative estimate of drug-likeness (QED) is 0.782. The Labute approximate surface area is 103 Å². The van der Waals surface area contributed by atoms with E-state index < -0.39 is 0 Å². The van der Waals surface area contributed by atoms with E-state index in [0.717, 1.165) is 24.5 Å². The predicted molar refractivity (Wildman–Crippen MR) is 64.1 cm³/mol. The fourth-order valence-electron chi connectivity index (χ4n) is 1.70. The lowest BCUT2D eigenvalue weighted by atomic mass is 10.0. The number of benzene rings is 1. The molecule has 2 aromatic rings. The van der Waals surface area contributed by atoms with Crippen LogP contribution in [0, 0.1) is 5.92 Å². The number of hydrogen-bond acceptors (Lipinski definition) is 5. The molecule has 1 aromatic heterocycles. The molecule has 18 heavy (non-hydrogen) atoms. The summed E-state index contributed by atoms with van der Waals surface area (Å²) in [7, 11) is 0. The van der Waals surface area contributed by atoms with Crippen molar-refractivity contribution in [1.29, 1.82) is 0 Å². The molecule has 1 aliphatic heterocycles. The van der Waals surface area contributed by atoms with Gasteiger partial charge in [-0.1, -0.05) is 0 Å². The molecule has 3 rings (SSSR count). The largest absolute Gasteiger partial charge is 0.326 e. The van der Waals surface area contributed by atoms with E-state index in [9.17, 15) is 4.79 Å². The normalized spacial score (nSPS) is 15.1. The lowest BCUT2D eigenvalue weighted by Crippen LogP contribution is -2.48. The lowest BCUT2D eigenvalue weighted by molar-refractivity contribution is -0.121. The first-order chi connectivity index (χ1) is 8.83. The number of carbonyl (C=O) groups excluding carboxylic acids is 1. The van der Waals surface area contributed by atoms with Crippen molar-refractivity contribution in [2.75, 3.05) is 18.4 Å². The Hall–Kier alpha value is -2.28. The van der Waals surface area contributed by atoms with E-state index in [1.165, 1.54) is 6.33 Å². The number of tetrazole rings is 1. The van der Waals surface area contributed by atoms with Gasteiger partial charge in [-0.25, -0.2) is 4.68 Å². The molecule has 0 aliphatic carbocycles. The van der Waals surface area contributed by atoms with E-state index in [2.05, 4.69) is 26.2 Å². The number of anilines is 1. The number of aromatic nitrogens is 4. The SMILES string of the molecule is O=C(Nc1ccc(-n2cnnn2)cc1)C1CNC1. The highest BCUT2D eigenvalue weighted by molar-refractivity contribution is 5.93. The summed E-state index contributed by atoms with van der Waals surface area (Å²) in [6.07, 6.45) is 1.52. The average Bonchev–Trinajstić information content (AvgIpc) is 2.81. The Balaban J connectivity index is 1.69. The molecule has 1 aliphatic rings. The van der Waals surface area contributed by atoms with Gasteiger partial charge < -0.3 is 10.6 Å². The van der Waals surface area contributed by atoms with Crippen LogP contribution in [0.1, 0.15) is 0 Å². The van der Waals surface area contributed by atoms with Crippen LogP contribution in [0.3, 0.4) is 0 Å². The maximum atomic E-state index is 11.7. The van der Waals surface area contributed by atoms with Gasteiger partial charge in [-0.2, -0.15) is 0 Å². The lowest BCUT2D eigenvalue weighted by Gasteiger charge is -2.25. The van der Waals surface area contributed by atoms with E-state index in [-0.39, 0.29) is 11.8 Å². The van der Waals surface area contributed by atoms with Crippen LogP contribution in [-0.4, -0.2) is 39.2 Å². The first-order valence-electron chi connectivity index (χ1n) is 5.68. The fourth-order valence-corrected chi connectivity index (χ4v) is 1.70. The predicted octanol–water partition coefficient (Wildman–Crippen LogP) is -0.180. The minimum Gasteiger partial charge on any atom is -0.326 e. The van der Waals surface area contributed by atoms with Gasteiger partial charge in [0.2, 0.25) is 5.91 Å². The van der Waals surface area contributed by atoms with E-state index in [4.69, 9.17) is 0 Å². The summed E-state index contributed by atoms with van der Waals surface area (Å²) in [5, 5.41) is 16.9. The molecule has 0 spiro atoms. The first kappa shape index (κ1) is 10.8. The zero-order chi connectivity index (χ0) is 12.4. The van der Waals surface area contributed by atoms with E-state index >= 15 is 0 Å². The average molecular weight is 244 g/mol. The van der Waals surface area contributed by atoms with E-state index in [1.807, 2.05) is 24.3 Å². The molecule has 1 amide bonds. The van der Waals surface area contributed by atoms with Gasteiger partial charge in [0.15, 0.2) is 0 Å². The Morgan fingerprint density at radius 2 is 2.11 bits per heavy atom. The zero-order valence-corrected chi connectivity index (χ0v) is 9.58. The number of nitrogens with zero attached hydrogens (tertiary/aromatic N) is 4. The molecule has 1 saturated heterocycles. The maximum Gasteiger partial charge on any atom is 0.230 e. The second-order valence-corrected chi connectivity index (χ2v) is 4.15. The topological polar surface area (TPSA) is 84.7 Å². The van der Waals surface area contributed by atoms with Crippen molar-refractivity contribution in [1.82, 2.24) is 25.5 Å². The molecule has 92 valence electrons. The summed E-state index contributed by atoms with van der Waals surface area (Å²) in [5.74, 6) is 0.146. The van der Waals surface area contributed by atoms with Gasteiger partial charge in [0.05, 0.1) is 11.6 Å². The standard InChI is InChI=1S/C11H12N6O/c18-11(8-5-12-6-8)14-9-1-3-10(4-2-9)17-7-13-15-16-17/h1-4,7-8,12H,5-6H2,(H,14,18). The highest BCUT2D eigenvalue weighted by Crippen LogP contribution is 2.14. The van der Waals surface area contributed by atoms with Crippen LogP contribution in [0.4, 0.5) is 5.69 Å². The third-order valence-electron chi connectivity index (χ3n) is 2.90. The van der Waals surface area contributed by atoms with Crippen LogP contribution in [0.15, 0.2) is 30.6 Å². The molecule has 1 aromatic carbocycles. The summed E-state index contributed by atoms with van der Waals surface area (Å²) in [6, 6.07) is 7.37. The summed E-state index contributed by atoms with van der Waals surface area (Å²) >= 11 is 0. The molecule has 0 saturated carbocycles. The van der Waals surface area contributed by atoms with Crippen molar-refractivity contribution in [2.45, 2.75) is 0 Å². The maximum absolute atomic E-state index is 11.7. The van der Waals surface area contributed by atoms with E-state index in [1.54, 1.807) is 4.68 Å². The van der Waals surface area contributed by atoms with Crippen molar-refractivity contribution in [3.63, 3.8) is 0 Å². The molecule has 1 fully saturated rings. The van der Waals surface area contributed by atoms with Gasteiger partial charge in [-0.05, 0) is 34.7 Å². The molecule has 7 heteroatoms. The van der Waals surface area contributed by atoms with Crippen LogP contribution in [0.25, 0.3) is 5.69 Å². The van der Waals surface area contributed by atoms with Gasteiger partial charge in [0.1, 0.15) is 6.33 Å². The van der Waals surface area contributed by atoms with Gasteiger partial charge in [0, 0.05) is 18.8 Å². The van der Waals surface area contributed by atoms with Crippen LogP contribution in [0.5, 0.6) is 0 Å². The number of rotatable bonds is 3. The second-order valence-electron chi connectivity index (χ2n) is 4.15. The molecular weight excluding hydrogens is 232 g/mol. The zero-order valence-electron chi connectivity index (χ0n) is 9.58. The molecule has 0 atom stereocenters. The molecule has 2 N–H and O–H groups in total. The molecule has 0 unspecified atom stereocenters. The highest BCUT2D eigenvalue weighted by atomic mass is 16.2. The Bertz CT molecular complexity index is 531. The van der Waals surface area contributed by atoms with E-state index in [0.29, 0.717) is 0 Å². The molecule has 7 nitrogen and oxygen atoms in total. The third-order valence-corrected chi connectivity index (χ3v) is 2.90. The van der Waals surface area contributed by atoms with Gasteiger partial charge >= 0.3 is 0 Å². The van der Waals surface area contributed by atoms with Crippen LogP contribution < -0.4 is 10.6 Å². The molecular formula is C11H12N6O. The fraction of sp³-hybridized carbons (Fsp3) is 0.273. The van der Waals surface area contributed by atoms with Crippen LogP contribution >= 0.6 is 0 Å². The highest BCUT2D eigenvalue weighted by Gasteiger charge is 2.24. The van der Waals surface area contributed by atoms with Crippen molar-refractivity contribution in [3.05, 3.63) is 30.6 Å². The summed E-state index contributed by atoms with van der Waals surface area (Å²) in [4.78, 5) is 11.7. The van der Waals surface area contributed by atoms with Gasteiger partial charge in [-0.15, -0.1) is 5.10 Å².